The minimum Gasteiger partial charge on any atom is -0.396 e. The molecule has 4 heterocycles. The van der Waals surface area contributed by atoms with E-state index in [-0.39, 0.29) is 36.8 Å². The second kappa shape index (κ2) is 13.5. The Morgan fingerprint density at radius 3 is 2.43 bits per heavy atom. The van der Waals surface area contributed by atoms with Gasteiger partial charge in [-0.25, -0.2) is 0 Å². The molecule has 5 rings (SSSR count). The van der Waals surface area contributed by atoms with Crippen molar-refractivity contribution in [2.75, 3.05) is 70.5 Å². The van der Waals surface area contributed by atoms with Crippen molar-refractivity contribution in [3.8, 4) is 0 Å². The third kappa shape index (κ3) is 5.62. The summed E-state index contributed by atoms with van der Waals surface area (Å²) in [4.78, 5) is 51.2. The molecule has 44 heavy (non-hydrogen) atoms. The molecule has 1 aromatic rings. The van der Waals surface area contributed by atoms with Crippen LogP contribution in [0.2, 0.25) is 0 Å². The van der Waals surface area contributed by atoms with Crippen molar-refractivity contribution in [1.82, 2.24) is 14.7 Å². The zero-order chi connectivity index (χ0) is 31.5. The van der Waals surface area contributed by atoms with Gasteiger partial charge < -0.3 is 29.3 Å². The van der Waals surface area contributed by atoms with Crippen LogP contribution < -0.4 is 4.90 Å². The average molecular weight is 609 g/mol. The van der Waals surface area contributed by atoms with Gasteiger partial charge in [-0.2, -0.15) is 0 Å². The van der Waals surface area contributed by atoms with Gasteiger partial charge in [0.25, 0.3) is 0 Å². The minimum absolute atomic E-state index is 0.00232. The van der Waals surface area contributed by atoms with Crippen molar-refractivity contribution in [3.63, 3.8) is 0 Å². The van der Waals surface area contributed by atoms with Gasteiger partial charge in [-0.15, -0.1) is 13.2 Å². The molecule has 10 nitrogen and oxygen atoms in total. The highest BCUT2D eigenvalue weighted by molar-refractivity contribution is 6.03. The maximum Gasteiger partial charge on any atom is 0.248 e. The molecule has 3 unspecified atom stereocenters. The van der Waals surface area contributed by atoms with Crippen LogP contribution in [0, 0.1) is 17.8 Å². The zero-order valence-electron chi connectivity index (χ0n) is 26.2. The van der Waals surface area contributed by atoms with E-state index in [9.17, 15) is 19.5 Å². The predicted molar refractivity (Wildman–Crippen MR) is 168 cm³/mol. The molecule has 6 atom stereocenters. The maximum absolute atomic E-state index is 14.7. The van der Waals surface area contributed by atoms with E-state index in [1.165, 1.54) is 0 Å². The number of carbonyl (C=O) groups is 3. The number of aliphatic hydroxyl groups is 1. The molecule has 0 aliphatic carbocycles. The molecule has 4 aliphatic rings. The molecule has 4 aliphatic heterocycles. The molecule has 3 amide bonds. The lowest BCUT2D eigenvalue weighted by atomic mass is 9.62. The van der Waals surface area contributed by atoms with Crippen molar-refractivity contribution in [2.24, 2.45) is 17.8 Å². The van der Waals surface area contributed by atoms with E-state index in [1.807, 2.05) is 37.3 Å². The van der Waals surface area contributed by atoms with E-state index in [0.717, 1.165) is 18.8 Å². The molecule has 1 aromatic carbocycles. The van der Waals surface area contributed by atoms with E-state index >= 15 is 0 Å². The third-order valence-electron chi connectivity index (χ3n) is 10.2. The van der Waals surface area contributed by atoms with Crippen LogP contribution in [0.25, 0.3) is 0 Å². The number of unbranched alkanes of at least 4 members (excludes halogenated alkanes) is 1. The van der Waals surface area contributed by atoms with Crippen LogP contribution in [-0.2, 0) is 23.9 Å². The first kappa shape index (κ1) is 32.3. The summed E-state index contributed by atoms with van der Waals surface area (Å²) in [5, 5.41) is 9.52. The van der Waals surface area contributed by atoms with Crippen LogP contribution in [0.15, 0.2) is 55.6 Å². The number of ether oxygens (including phenoxy) is 2. The summed E-state index contributed by atoms with van der Waals surface area (Å²) in [6, 6.07) is 8.55. The first-order valence-corrected chi connectivity index (χ1v) is 16.0. The van der Waals surface area contributed by atoms with Crippen LogP contribution >= 0.6 is 0 Å². The number of fused-ring (bicyclic) bond motifs is 1. The van der Waals surface area contributed by atoms with Crippen LogP contribution in [0.3, 0.4) is 0 Å². The zero-order valence-corrected chi connectivity index (χ0v) is 26.2. The molecule has 0 radical (unpaired) electrons. The number of likely N-dealkylation sites (tertiary alicyclic amines) is 1. The van der Waals surface area contributed by atoms with Crippen molar-refractivity contribution in [2.45, 2.75) is 50.4 Å². The molecule has 1 N–H and O–H groups in total. The Balaban J connectivity index is 1.51. The number of morpholine rings is 1. The van der Waals surface area contributed by atoms with E-state index in [0.29, 0.717) is 58.7 Å². The van der Waals surface area contributed by atoms with Gasteiger partial charge >= 0.3 is 0 Å². The molecule has 0 aromatic heterocycles. The standard InChI is InChI=1S/C34H48N4O6/c1-5-14-36(18-17-35-19-22-43-23-20-35)32(42)29-34-24-25(3)33(4,44-34)27(28(34)31(41)38(29)16-10-11-21-39)30(40)37(15-6-2)26-12-8-7-9-13-26/h5-9,12-13,25,27-29,39H,1-2,10-11,14-24H2,3-4H3/t25?,27-,28-,29?,33+,34?/m0/s1. The lowest BCUT2D eigenvalue weighted by molar-refractivity contribution is -0.152. The summed E-state index contributed by atoms with van der Waals surface area (Å²) in [5.74, 6) is -2.19. The highest BCUT2D eigenvalue weighted by Gasteiger charge is 2.80. The molecule has 240 valence electrons. The number of carbonyl (C=O) groups excluding carboxylic acids is 3. The fourth-order valence-electron chi connectivity index (χ4n) is 7.96. The van der Waals surface area contributed by atoms with Crippen molar-refractivity contribution >= 4 is 23.4 Å². The average Bonchev–Trinajstić information content (AvgIpc) is 3.54. The van der Waals surface area contributed by atoms with Gasteiger partial charge in [-0.1, -0.05) is 37.3 Å². The maximum atomic E-state index is 14.7. The summed E-state index contributed by atoms with van der Waals surface area (Å²) in [7, 11) is 0. The number of hydrogen-bond acceptors (Lipinski definition) is 7. The van der Waals surface area contributed by atoms with E-state index in [1.54, 1.807) is 26.9 Å². The lowest BCUT2D eigenvalue weighted by Crippen LogP contribution is -2.57. The molecule has 1 spiro atoms. The van der Waals surface area contributed by atoms with Crippen molar-refractivity contribution < 1.29 is 29.0 Å². The highest BCUT2D eigenvalue weighted by Crippen LogP contribution is 2.65. The summed E-state index contributed by atoms with van der Waals surface area (Å²) in [6.07, 6.45) is 4.96. The van der Waals surface area contributed by atoms with Gasteiger partial charge in [0.1, 0.15) is 11.6 Å². The van der Waals surface area contributed by atoms with Gasteiger partial charge in [0.2, 0.25) is 17.7 Å². The third-order valence-corrected chi connectivity index (χ3v) is 10.2. The Kier molecular flexibility index (Phi) is 9.94. The number of hydrogen-bond donors (Lipinski definition) is 1. The van der Waals surface area contributed by atoms with Crippen molar-refractivity contribution in [3.05, 3.63) is 55.6 Å². The molecule has 4 fully saturated rings. The fraction of sp³-hybridized carbons (Fsp3) is 0.618. The molecule has 4 saturated heterocycles. The molecule has 2 bridgehead atoms. The first-order valence-electron chi connectivity index (χ1n) is 16.0. The second-order valence-electron chi connectivity index (χ2n) is 12.8. The minimum atomic E-state index is -1.13. The van der Waals surface area contributed by atoms with Gasteiger partial charge in [0.05, 0.1) is 30.7 Å². The summed E-state index contributed by atoms with van der Waals surface area (Å²) >= 11 is 0. The summed E-state index contributed by atoms with van der Waals surface area (Å²) in [6.45, 7) is 16.9. The van der Waals surface area contributed by atoms with Crippen LogP contribution in [0.1, 0.15) is 33.1 Å². The number of amides is 3. The first-order chi connectivity index (χ1) is 21.2. The van der Waals surface area contributed by atoms with Gasteiger partial charge in [0, 0.05) is 58.1 Å². The molecular formula is C34H48N4O6. The molecule has 0 saturated carbocycles. The van der Waals surface area contributed by atoms with E-state index < -0.39 is 29.1 Å². The Hall–Kier alpha value is -3.05. The Morgan fingerprint density at radius 2 is 1.77 bits per heavy atom. The number of para-hydroxylation sites is 1. The number of rotatable bonds is 14. The second-order valence-corrected chi connectivity index (χ2v) is 12.8. The topological polar surface area (TPSA) is 103 Å². The SMILES string of the molecule is C=CCN(CCN1CCOCC1)C(=O)C1N(CCCCO)C(=O)[C@@H]2[C@@H](C(=O)N(CC=C)c3ccccc3)[C@]3(C)OC12CC3C. The van der Waals surface area contributed by atoms with Crippen molar-refractivity contribution in [1.29, 1.82) is 0 Å². The fourth-order valence-corrected chi connectivity index (χ4v) is 7.96. The van der Waals surface area contributed by atoms with Crippen LogP contribution in [0.5, 0.6) is 0 Å². The predicted octanol–water partition coefficient (Wildman–Crippen LogP) is 2.34. The number of benzene rings is 1. The highest BCUT2D eigenvalue weighted by atomic mass is 16.5. The van der Waals surface area contributed by atoms with Gasteiger partial charge in [0.15, 0.2) is 0 Å². The monoisotopic (exact) mass is 608 g/mol. The van der Waals surface area contributed by atoms with E-state index in [2.05, 4.69) is 25.0 Å². The van der Waals surface area contributed by atoms with Gasteiger partial charge in [-0.05, 0) is 44.2 Å². The normalized spacial score (nSPS) is 31.2. The summed E-state index contributed by atoms with van der Waals surface area (Å²) < 4.78 is 12.5. The number of aliphatic hydroxyl groups excluding tert-OH is 1. The number of nitrogens with zero attached hydrogens (tertiary/aromatic N) is 4. The lowest BCUT2D eigenvalue weighted by Gasteiger charge is -2.39. The largest absolute Gasteiger partial charge is 0.396 e. The molecular weight excluding hydrogens is 560 g/mol. The smallest absolute Gasteiger partial charge is 0.248 e. The number of anilines is 1. The van der Waals surface area contributed by atoms with Gasteiger partial charge in [-0.3, -0.25) is 19.3 Å². The van der Waals surface area contributed by atoms with Crippen LogP contribution in [0.4, 0.5) is 5.69 Å². The Morgan fingerprint density at radius 1 is 1.07 bits per heavy atom. The van der Waals surface area contributed by atoms with E-state index in [4.69, 9.17) is 9.47 Å². The Labute approximate surface area is 261 Å². The Bertz CT molecular complexity index is 1220. The summed E-state index contributed by atoms with van der Waals surface area (Å²) in [5.41, 5.74) is -1.32. The quantitative estimate of drug-likeness (QED) is 0.256. The van der Waals surface area contributed by atoms with Crippen LogP contribution in [-0.4, -0.2) is 120 Å². The molecule has 10 heteroatoms.